The standard InChI is InChI=1S/C25H31N3O/c1-20(2)19-28-23-14-9-8-13-22(23)27-24(28)15-7-4-10-18-26-25(29)17-16-21-11-5-3-6-12-21/h3,5-6,8-9,11-14H,1,4,7,10,15-19H2,2H3,(H,26,29). The van der Waals surface area contributed by atoms with Crippen molar-refractivity contribution in [3.05, 3.63) is 78.1 Å². The first kappa shape index (κ1) is 20.8. The maximum Gasteiger partial charge on any atom is 0.220 e. The number of rotatable bonds is 11. The molecule has 4 nitrogen and oxygen atoms in total. The Balaban J connectivity index is 1.38. The number of carbonyl (C=O) groups is 1. The number of unbranched alkanes of at least 4 members (excludes halogenated alkanes) is 2. The SMILES string of the molecule is C=C(C)Cn1c(CCCCCNC(=O)CCc2ccccc2)nc2ccccc21. The summed E-state index contributed by atoms with van der Waals surface area (Å²) in [5.74, 6) is 1.26. The zero-order chi connectivity index (χ0) is 20.5. The van der Waals surface area contributed by atoms with Crippen molar-refractivity contribution in [2.45, 2.75) is 52.0 Å². The molecular weight excluding hydrogens is 358 g/mol. The number of benzene rings is 2. The topological polar surface area (TPSA) is 46.9 Å². The Morgan fingerprint density at radius 3 is 2.55 bits per heavy atom. The molecule has 3 rings (SSSR count). The van der Waals surface area contributed by atoms with E-state index in [1.165, 1.54) is 11.1 Å². The maximum atomic E-state index is 12.0. The van der Waals surface area contributed by atoms with Gasteiger partial charge in [0, 0.05) is 25.9 Å². The molecule has 0 aliphatic carbocycles. The third-order valence-corrected chi connectivity index (χ3v) is 5.04. The van der Waals surface area contributed by atoms with E-state index >= 15 is 0 Å². The van der Waals surface area contributed by atoms with Crippen molar-refractivity contribution < 1.29 is 4.79 Å². The van der Waals surface area contributed by atoms with Gasteiger partial charge in [0.05, 0.1) is 11.0 Å². The summed E-state index contributed by atoms with van der Waals surface area (Å²) in [4.78, 5) is 16.8. The molecule has 152 valence electrons. The van der Waals surface area contributed by atoms with Crippen molar-refractivity contribution >= 4 is 16.9 Å². The number of para-hydroxylation sites is 2. The van der Waals surface area contributed by atoms with E-state index in [2.05, 4.69) is 53.7 Å². The number of imidazole rings is 1. The summed E-state index contributed by atoms with van der Waals surface area (Å²) in [5.41, 5.74) is 4.57. The Hall–Kier alpha value is -2.88. The lowest BCUT2D eigenvalue weighted by atomic mass is 10.1. The van der Waals surface area contributed by atoms with Crippen LogP contribution in [0.2, 0.25) is 0 Å². The van der Waals surface area contributed by atoms with E-state index in [9.17, 15) is 4.79 Å². The summed E-state index contributed by atoms with van der Waals surface area (Å²) in [7, 11) is 0. The minimum Gasteiger partial charge on any atom is -0.356 e. The van der Waals surface area contributed by atoms with Crippen molar-refractivity contribution in [2.75, 3.05) is 6.54 Å². The fourth-order valence-electron chi connectivity index (χ4n) is 3.57. The lowest BCUT2D eigenvalue weighted by Crippen LogP contribution is -2.24. The minimum absolute atomic E-state index is 0.136. The van der Waals surface area contributed by atoms with E-state index in [0.717, 1.165) is 62.1 Å². The third-order valence-electron chi connectivity index (χ3n) is 5.04. The summed E-state index contributed by atoms with van der Waals surface area (Å²) in [6.45, 7) is 7.67. The average Bonchev–Trinajstić information content (AvgIpc) is 3.06. The van der Waals surface area contributed by atoms with Crippen LogP contribution in [0.25, 0.3) is 11.0 Å². The first-order chi connectivity index (χ1) is 14.1. The second-order valence-corrected chi connectivity index (χ2v) is 7.71. The molecule has 0 bridgehead atoms. The Morgan fingerprint density at radius 1 is 1.00 bits per heavy atom. The van der Waals surface area contributed by atoms with Gasteiger partial charge in [0.15, 0.2) is 0 Å². The maximum absolute atomic E-state index is 12.0. The monoisotopic (exact) mass is 389 g/mol. The Labute approximate surface area is 173 Å². The van der Waals surface area contributed by atoms with Gasteiger partial charge in [-0.05, 0) is 43.9 Å². The molecule has 0 unspecified atom stereocenters. The second kappa shape index (κ2) is 10.6. The Kier molecular flexibility index (Phi) is 7.62. The lowest BCUT2D eigenvalue weighted by Gasteiger charge is -2.09. The molecule has 3 aromatic rings. The van der Waals surface area contributed by atoms with Crippen LogP contribution in [0, 0.1) is 0 Å². The zero-order valence-corrected chi connectivity index (χ0v) is 17.4. The van der Waals surface area contributed by atoms with Crippen molar-refractivity contribution in [1.82, 2.24) is 14.9 Å². The molecule has 4 heteroatoms. The van der Waals surface area contributed by atoms with Gasteiger partial charge >= 0.3 is 0 Å². The predicted molar refractivity (Wildman–Crippen MR) is 120 cm³/mol. The molecule has 0 fully saturated rings. The van der Waals surface area contributed by atoms with Crippen LogP contribution in [-0.2, 0) is 24.2 Å². The number of carbonyl (C=O) groups excluding carboxylic acids is 1. The number of allylic oxidation sites excluding steroid dienone is 1. The normalized spacial score (nSPS) is 10.9. The average molecular weight is 390 g/mol. The Morgan fingerprint density at radius 2 is 1.76 bits per heavy atom. The van der Waals surface area contributed by atoms with Crippen LogP contribution in [0.15, 0.2) is 66.7 Å². The van der Waals surface area contributed by atoms with Crippen LogP contribution < -0.4 is 5.32 Å². The fraction of sp³-hybridized carbons (Fsp3) is 0.360. The molecule has 0 radical (unpaired) electrons. The van der Waals surface area contributed by atoms with Gasteiger partial charge in [-0.2, -0.15) is 0 Å². The summed E-state index contributed by atoms with van der Waals surface area (Å²) in [5, 5.41) is 3.04. The van der Waals surface area contributed by atoms with E-state index in [-0.39, 0.29) is 5.91 Å². The lowest BCUT2D eigenvalue weighted by molar-refractivity contribution is -0.121. The van der Waals surface area contributed by atoms with Crippen molar-refractivity contribution in [1.29, 1.82) is 0 Å². The van der Waals surface area contributed by atoms with Crippen molar-refractivity contribution in [3.8, 4) is 0 Å². The molecule has 0 atom stereocenters. The smallest absolute Gasteiger partial charge is 0.220 e. The first-order valence-corrected chi connectivity index (χ1v) is 10.5. The molecule has 0 spiro atoms. The van der Waals surface area contributed by atoms with Gasteiger partial charge in [-0.3, -0.25) is 4.79 Å². The number of hydrogen-bond donors (Lipinski definition) is 1. The van der Waals surface area contributed by atoms with E-state index in [1.807, 2.05) is 24.3 Å². The van der Waals surface area contributed by atoms with Crippen LogP contribution >= 0.6 is 0 Å². The van der Waals surface area contributed by atoms with Crippen LogP contribution in [-0.4, -0.2) is 22.0 Å². The van der Waals surface area contributed by atoms with E-state index in [4.69, 9.17) is 4.98 Å². The highest BCUT2D eigenvalue weighted by atomic mass is 16.1. The molecular formula is C25H31N3O. The highest BCUT2D eigenvalue weighted by Gasteiger charge is 2.10. The number of nitrogens with one attached hydrogen (secondary N) is 1. The minimum atomic E-state index is 0.136. The molecule has 29 heavy (non-hydrogen) atoms. The third kappa shape index (κ3) is 6.31. The van der Waals surface area contributed by atoms with E-state index in [0.29, 0.717) is 6.42 Å². The highest BCUT2D eigenvalue weighted by Crippen LogP contribution is 2.19. The molecule has 0 aliphatic rings. The van der Waals surface area contributed by atoms with E-state index < -0.39 is 0 Å². The first-order valence-electron chi connectivity index (χ1n) is 10.5. The van der Waals surface area contributed by atoms with Gasteiger partial charge in [0.2, 0.25) is 5.91 Å². The number of aryl methyl sites for hydroxylation is 2. The molecule has 0 saturated heterocycles. The van der Waals surface area contributed by atoms with E-state index in [1.54, 1.807) is 0 Å². The van der Waals surface area contributed by atoms with Gasteiger partial charge in [-0.25, -0.2) is 4.98 Å². The van der Waals surface area contributed by atoms with Gasteiger partial charge in [-0.1, -0.05) is 61.0 Å². The van der Waals surface area contributed by atoms with Gasteiger partial charge in [0.1, 0.15) is 5.82 Å². The van der Waals surface area contributed by atoms with Gasteiger partial charge in [-0.15, -0.1) is 0 Å². The van der Waals surface area contributed by atoms with Crippen LogP contribution in [0.5, 0.6) is 0 Å². The van der Waals surface area contributed by atoms with Crippen molar-refractivity contribution in [2.24, 2.45) is 0 Å². The second-order valence-electron chi connectivity index (χ2n) is 7.71. The molecule has 0 aliphatic heterocycles. The highest BCUT2D eigenvalue weighted by molar-refractivity contribution is 5.76. The number of amides is 1. The van der Waals surface area contributed by atoms with Gasteiger partial charge < -0.3 is 9.88 Å². The quantitative estimate of drug-likeness (QED) is 0.367. The summed E-state index contributed by atoms with van der Waals surface area (Å²) in [6, 6.07) is 18.4. The van der Waals surface area contributed by atoms with Crippen molar-refractivity contribution in [3.63, 3.8) is 0 Å². The number of nitrogens with zero attached hydrogens (tertiary/aromatic N) is 2. The molecule has 1 heterocycles. The van der Waals surface area contributed by atoms with Gasteiger partial charge in [0.25, 0.3) is 0 Å². The number of aromatic nitrogens is 2. The molecule has 0 saturated carbocycles. The summed E-state index contributed by atoms with van der Waals surface area (Å²) >= 11 is 0. The van der Waals surface area contributed by atoms with Crippen LogP contribution in [0.1, 0.15) is 44.0 Å². The largest absolute Gasteiger partial charge is 0.356 e. The summed E-state index contributed by atoms with van der Waals surface area (Å²) < 4.78 is 2.28. The molecule has 2 aromatic carbocycles. The fourth-order valence-corrected chi connectivity index (χ4v) is 3.57. The van der Waals surface area contributed by atoms with Crippen LogP contribution in [0.3, 0.4) is 0 Å². The molecule has 1 N–H and O–H groups in total. The molecule has 1 aromatic heterocycles. The van der Waals surface area contributed by atoms with Crippen LogP contribution in [0.4, 0.5) is 0 Å². The zero-order valence-electron chi connectivity index (χ0n) is 17.4. The molecule has 1 amide bonds. The predicted octanol–water partition coefficient (Wildman–Crippen LogP) is 5.07. The number of hydrogen-bond acceptors (Lipinski definition) is 2. The summed E-state index contributed by atoms with van der Waals surface area (Å²) in [6.07, 6.45) is 5.44. The Bertz CT molecular complexity index is 943. The number of fused-ring (bicyclic) bond motifs is 1.